The van der Waals surface area contributed by atoms with Crippen LogP contribution >= 0.6 is 0 Å². The molecule has 4 nitrogen and oxygen atoms in total. The zero-order chi connectivity index (χ0) is 14.6. The highest BCUT2D eigenvalue weighted by Gasteiger charge is 2.19. The lowest BCUT2D eigenvalue weighted by molar-refractivity contribution is 0.250. The minimum Gasteiger partial charge on any atom is -0.419 e. The van der Waals surface area contributed by atoms with Crippen LogP contribution in [-0.2, 0) is 6.54 Å². The standard InChI is InChI=1S/C16H23N3O/c1-12(16(2,3)4)10-17-11-14-18-19-15(20-14)13-8-6-5-7-9-13/h5-9,12,17H,10-11H2,1-4H3. The Kier molecular flexibility index (Phi) is 4.55. The van der Waals surface area contributed by atoms with Crippen molar-refractivity contribution < 1.29 is 4.42 Å². The predicted molar refractivity (Wildman–Crippen MR) is 80.1 cm³/mol. The summed E-state index contributed by atoms with van der Waals surface area (Å²) in [7, 11) is 0. The molecule has 0 aliphatic carbocycles. The second-order valence-corrected chi connectivity index (χ2v) is 6.26. The van der Waals surface area contributed by atoms with Crippen LogP contribution in [0.1, 0.15) is 33.6 Å². The van der Waals surface area contributed by atoms with E-state index in [0.717, 1.165) is 12.1 Å². The van der Waals surface area contributed by atoms with Crippen LogP contribution in [0.2, 0.25) is 0 Å². The van der Waals surface area contributed by atoms with Gasteiger partial charge in [-0.2, -0.15) is 0 Å². The first-order chi connectivity index (χ1) is 9.47. The van der Waals surface area contributed by atoms with Gasteiger partial charge in [0.2, 0.25) is 11.8 Å². The Hall–Kier alpha value is -1.68. The Balaban J connectivity index is 1.88. The predicted octanol–water partition coefficient (Wildman–Crippen LogP) is 3.51. The van der Waals surface area contributed by atoms with Gasteiger partial charge in [-0.25, -0.2) is 0 Å². The highest BCUT2D eigenvalue weighted by Crippen LogP contribution is 2.24. The topological polar surface area (TPSA) is 51.0 Å². The average Bonchev–Trinajstić information content (AvgIpc) is 2.87. The number of hydrogen-bond donors (Lipinski definition) is 1. The van der Waals surface area contributed by atoms with Gasteiger partial charge >= 0.3 is 0 Å². The summed E-state index contributed by atoms with van der Waals surface area (Å²) in [6.07, 6.45) is 0. The lowest BCUT2D eigenvalue weighted by atomic mass is 9.82. The Bertz CT molecular complexity index is 528. The normalized spacial score (nSPS) is 13.4. The van der Waals surface area contributed by atoms with Gasteiger partial charge < -0.3 is 9.73 Å². The number of nitrogens with one attached hydrogen (secondary N) is 1. The van der Waals surface area contributed by atoms with Crippen molar-refractivity contribution in [1.29, 1.82) is 0 Å². The Morgan fingerprint density at radius 2 is 1.85 bits per heavy atom. The van der Waals surface area contributed by atoms with Gasteiger partial charge in [-0.15, -0.1) is 10.2 Å². The molecule has 20 heavy (non-hydrogen) atoms. The largest absolute Gasteiger partial charge is 0.419 e. The third-order valence-corrected chi connectivity index (χ3v) is 3.69. The van der Waals surface area contributed by atoms with E-state index in [9.17, 15) is 0 Å². The average molecular weight is 273 g/mol. The number of hydrogen-bond acceptors (Lipinski definition) is 4. The fraction of sp³-hybridized carbons (Fsp3) is 0.500. The lowest BCUT2D eigenvalue weighted by Crippen LogP contribution is -2.29. The molecule has 2 rings (SSSR count). The Morgan fingerprint density at radius 1 is 1.15 bits per heavy atom. The van der Waals surface area contributed by atoms with E-state index in [1.807, 2.05) is 30.3 Å². The summed E-state index contributed by atoms with van der Waals surface area (Å²) in [5.74, 6) is 1.79. The van der Waals surface area contributed by atoms with Crippen molar-refractivity contribution in [3.63, 3.8) is 0 Å². The molecule has 0 bridgehead atoms. The van der Waals surface area contributed by atoms with Crippen molar-refractivity contribution in [2.24, 2.45) is 11.3 Å². The van der Waals surface area contributed by atoms with Crippen LogP contribution in [0.5, 0.6) is 0 Å². The molecule has 0 saturated heterocycles. The molecule has 0 radical (unpaired) electrons. The molecule has 1 atom stereocenters. The first kappa shape index (κ1) is 14.7. The van der Waals surface area contributed by atoms with Crippen LogP contribution < -0.4 is 5.32 Å². The summed E-state index contributed by atoms with van der Waals surface area (Å²) >= 11 is 0. The summed E-state index contributed by atoms with van der Waals surface area (Å²) in [6, 6.07) is 9.82. The van der Waals surface area contributed by atoms with Crippen LogP contribution in [0, 0.1) is 11.3 Å². The molecular weight excluding hydrogens is 250 g/mol. The molecule has 0 spiro atoms. The SMILES string of the molecule is CC(CNCc1nnc(-c2ccccc2)o1)C(C)(C)C. The minimum absolute atomic E-state index is 0.303. The zero-order valence-corrected chi connectivity index (χ0v) is 12.7. The van der Waals surface area contributed by atoms with E-state index in [1.165, 1.54) is 0 Å². The molecular formula is C16H23N3O. The van der Waals surface area contributed by atoms with E-state index in [1.54, 1.807) is 0 Å². The highest BCUT2D eigenvalue weighted by molar-refractivity contribution is 5.51. The van der Waals surface area contributed by atoms with Crippen molar-refractivity contribution >= 4 is 0 Å². The molecule has 1 aromatic heterocycles. The maximum absolute atomic E-state index is 5.65. The van der Waals surface area contributed by atoms with E-state index in [4.69, 9.17) is 4.42 Å². The van der Waals surface area contributed by atoms with Crippen molar-refractivity contribution in [2.75, 3.05) is 6.54 Å². The van der Waals surface area contributed by atoms with Gasteiger partial charge in [0.05, 0.1) is 6.54 Å². The molecule has 0 fully saturated rings. The van der Waals surface area contributed by atoms with Gasteiger partial charge in [-0.1, -0.05) is 45.9 Å². The van der Waals surface area contributed by atoms with Crippen LogP contribution in [-0.4, -0.2) is 16.7 Å². The van der Waals surface area contributed by atoms with Gasteiger partial charge in [0, 0.05) is 5.56 Å². The Labute approximate surface area is 120 Å². The van der Waals surface area contributed by atoms with E-state index in [0.29, 0.717) is 29.7 Å². The summed E-state index contributed by atoms with van der Waals surface area (Å²) < 4.78 is 5.65. The van der Waals surface area contributed by atoms with Gasteiger partial charge in [0.25, 0.3) is 0 Å². The van der Waals surface area contributed by atoms with Crippen LogP contribution in [0.4, 0.5) is 0 Å². The van der Waals surface area contributed by atoms with Gasteiger partial charge in [0.1, 0.15) is 0 Å². The monoisotopic (exact) mass is 273 g/mol. The molecule has 0 aliphatic rings. The molecule has 4 heteroatoms. The van der Waals surface area contributed by atoms with E-state index in [2.05, 4.69) is 43.2 Å². The summed E-state index contributed by atoms with van der Waals surface area (Å²) in [5, 5.41) is 11.5. The van der Waals surface area contributed by atoms with Crippen LogP contribution in [0.3, 0.4) is 0 Å². The third kappa shape index (κ3) is 3.90. The second kappa shape index (κ2) is 6.18. The third-order valence-electron chi connectivity index (χ3n) is 3.69. The summed E-state index contributed by atoms with van der Waals surface area (Å²) in [5.41, 5.74) is 1.26. The maximum atomic E-state index is 5.65. The molecule has 1 N–H and O–H groups in total. The molecule has 1 unspecified atom stereocenters. The summed E-state index contributed by atoms with van der Waals surface area (Å²) in [6.45, 7) is 10.5. The number of benzene rings is 1. The molecule has 108 valence electrons. The quantitative estimate of drug-likeness (QED) is 0.905. The van der Waals surface area contributed by atoms with Crippen molar-refractivity contribution in [3.8, 4) is 11.5 Å². The van der Waals surface area contributed by atoms with Crippen LogP contribution in [0.25, 0.3) is 11.5 Å². The lowest BCUT2D eigenvalue weighted by Gasteiger charge is -2.27. The molecule has 1 aromatic carbocycles. The van der Waals surface area contributed by atoms with Gasteiger partial charge in [-0.05, 0) is 30.0 Å². The van der Waals surface area contributed by atoms with E-state index < -0.39 is 0 Å². The highest BCUT2D eigenvalue weighted by atomic mass is 16.4. The van der Waals surface area contributed by atoms with Crippen molar-refractivity contribution in [3.05, 3.63) is 36.2 Å². The zero-order valence-electron chi connectivity index (χ0n) is 12.7. The second-order valence-electron chi connectivity index (χ2n) is 6.26. The smallest absolute Gasteiger partial charge is 0.247 e. The Morgan fingerprint density at radius 3 is 2.50 bits per heavy atom. The first-order valence-electron chi connectivity index (χ1n) is 7.05. The van der Waals surface area contributed by atoms with Gasteiger partial charge in [-0.3, -0.25) is 0 Å². The molecule has 0 amide bonds. The van der Waals surface area contributed by atoms with Crippen molar-refractivity contribution in [1.82, 2.24) is 15.5 Å². The molecule has 1 heterocycles. The molecule has 2 aromatic rings. The number of aromatic nitrogens is 2. The number of nitrogens with zero attached hydrogens (tertiary/aromatic N) is 2. The van der Waals surface area contributed by atoms with E-state index in [-0.39, 0.29) is 0 Å². The fourth-order valence-corrected chi connectivity index (χ4v) is 1.72. The molecule has 0 saturated carbocycles. The first-order valence-corrected chi connectivity index (χ1v) is 7.05. The van der Waals surface area contributed by atoms with Gasteiger partial charge in [0.15, 0.2) is 0 Å². The minimum atomic E-state index is 0.303. The van der Waals surface area contributed by atoms with E-state index >= 15 is 0 Å². The molecule has 0 aliphatic heterocycles. The maximum Gasteiger partial charge on any atom is 0.247 e. The summed E-state index contributed by atoms with van der Waals surface area (Å²) in [4.78, 5) is 0. The van der Waals surface area contributed by atoms with Crippen molar-refractivity contribution in [2.45, 2.75) is 34.2 Å². The van der Waals surface area contributed by atoms with Crippen LogP contribution in [0.15, 0.2) is 34.7 Å². The fourth-order valence-electron chi connectivity index (χ4n) is 1.72. The number of rotatable bonds is 5.